The van der Waals surface area contributed by atoms with Crippen molar-refractivity contribution in [3.63, 3.8) is 0 Å². The Morgan fingerprint density at radius 3 is 1.61 bits per heavy atom. The van der Waals surface area contributed by atoms with Crippen LogP contribution in [0.2, 0.25) is 0 Å². The number of aromatic nitrogens is 4. The fourth-order valence-corrected chi connectivity index (χ4v) is 5.99. The summed E-state index contributed by atoms with van der Waals surface area (Å²) in [5.41, 5.74) is 11.4. The molecule has 0 aliphatic carbocycles. The van der Waals surface area contributed by atoms with Crippen molar-refractivity contribution in [1.82, 2.24) is 19.6 Å². The van der Waals surface area contributed by atoms with Crippen LogP contribution in [0.3, 0.4) is 0 Å². The standard InChI is InChI=1S/C40H28N4/c1-27-38(43-44-37(30-17-9-4-10-18-30)25-33-19-11-12-20-34(33)39(27)44)31-21-23-32(24-22-31)40-41-35(28-13-5-2-6-14-28)26-36(42-40)29-15-7-3-8-16-29/h2-26H,1H3. The van der Waals surface area contributed by atoms with E-state index in [-0.39, 0.29) is 0 Å². The zero-order valence-electron chi connectivity index (χ0n) is 24.2. The Balaban J connectivity index is 1.25. The van der Waals surface area contributed by atoms with Crippen LogP contribution in [-0.2, 0) is 0 Å². The van der Waals surface area contributed by atoms with Crippen molar-refractivity contribution < 1.29 is 0 Å². The molecule has 44 heavy (non-hydrogen) atoms. The van der Waals surface area contributed by atoms with Gasteiger partial charge in [0.25, 0.3) is 0 Å². The summed E-state index contributed by atoms with van der Waals surface area (Å²) in [5.74, 6) is 0.695. The number of fused-ring (bicyclic) bond motifs is 3. The molecule has 3 heterocycles. The quantitative estimate of drug-likeness (QED) is 0.209. The van der Waals surface area contributed by atoms with Crippen LogP contribution in [0.15, 0.2) is 152 Å². The normalized spacial score (nSPS) is 11.3. The molecule has 0 unspecified atom stereocenters. The first-order chi connectivity index (χ1) is 21.7. The van der Waals surface area contributed by atoms with E-state index in [2.05, 4.69) is 121 Å². The van der Waals surface area contributed by atoms with Crippen molar-refractivity contribution in [2.45, 2.75) is 6.92 Å². The van der Waals surface area contributed by atoms with Crippen LogP contribution in [0.25, 0.3) is 72.7 Å². The molecule has 3 aromatic heterocycles. The predicted octanol–water partition coefficient (Wildman–Crippen LogP) is 9.92. The third kappa shape index (κ3) is 4.54. The van der Waals surface area contributed by atoms with Gasteiger partial charge < -0.3 is 0 Å². The van der Waals surface area contributed by atoms with E-state index in [4.69, 9.17) is 15.1 Å². The minimum Gasteiger partial charge on any atom is -0.232 e. The fraction of sp³-hybridized carbons (Fsp3) is 0.0250. The Kier molecular flexibility index (Phi) is 6.31. The second-order valence-corrected chi connectivity index (χ2v) is 11.0. The number of hydrogen-bond acceptors (Lipinski definition) is 3. The Bertz CT molecular complexity index is 2200. The van der Waals surface area contributed by atoms with Gasteiger partial charge in [-0.25, -0.2) is 14.5 Å². The molecule has 0 radical (unpaired) electrons. The molecule has 4 nitrogen and oxygen atoms in total. The summed E-state index contributed by atoms with van der Waals surface area (Å²) in [6, 6.07) is 52.4. The molecule has 0 fully saturated rings. The molecule has 0 amide bonds. The molecule has 0 aliphatic rings. The maximum absolute atomic E-state index is 5.20. The van der Waals surface area contributed by atoms with E-state index in [9.17, 15) is 0 Å². The summed E-state index contributed by atoms with van der Waals surface area (Å²) < 4.78 is 2.11. The molecular formula is C40H28N4. The maximum Gasteiger partial charge on any atom is 0.160 e. The summed E-state index contributed by atoms with van der Waals surface area (Å²) in [7, 11) is 0. The molecule has 0 bridgehead atoms. The fourth-order valence-electron chi connectivity index (χ4n) is 5.99. The van der Waals surface area contributed by atoms with Crippen molar-refractivity contribution in [1.29, 1.82) is 0 Å². The van der Waals surface area contributed by atoms with Gasteiger partial charge in [-0.05, 0) is 24.4 Å². The number of pyridine rings is 1. The highest BCUT2D eigenvalue weighted by molar-refractivity contribution is 6.01. The number of nitrogens with zero attached hydrogens (tertiary/aromatic N) is 4. The Hall–Kier alpha value is -5.87. The number of rotatable bonds is 5. The highest BCUT2D eigenvalue weighted by Crippen LogP contribution is 2.35. The molecule has 5 aromatic carbocycles. The molecule has 8 aromatic rings. The van der Waals surface area contributed by atoms with E-state index in [1.54, 1.807) is 0 Å². The Labute approximate surface area is 256 Å². The topological polar surface area (TPSA) is 43.1 Å². The van der Waals surface area contributed by atoms with E-state index in [1.165, 1.54) is 10.8 Å². The third-order valence-corrected chi connectivity index (χ3v) is 8.21. The lowest BCUT2D eigenvalue weighted by Crippen LogP contribution is -1.96. The summed E-state index contributed by atoms with van der Waals surface area (Å²) in [6.07, 6.45) is 0. The van der Waals surface area contributed by atoms with Crippen LogP contribution >= 0.6 is 0 Å². The van der Waals surface area contributed by atoms with E-state index < -0.39 is 0 Å². The van der Waals surface area contributed by atoms with E-state index in [0.29, 0.717) is 5.82 Å². The zero-order valence-corrected chi connectivity index (χ0v) is 24.2. The Morgan fingerprint density at radius 2 is 1.00 bits per heavy atom. The van der Waals surface area contributed by atoms with Gasteiger partial charge in [0.15, 0.2) is 5.82 Å². The van der Waals surface area contributed by atoms with Crippen LogP contribution in [-0.4, -0.2) is 19.6 Å². The molecular weight excluding hydrogens is 536 g/mol. The van der Waals surface area contributed by atoms with E-state index >= 15 is 0 Å². The van der Waals surface area contributed by atoms with Crippen molar-refractivity contribution >= 4 is 16.3 Å². The lowest BCUT2D eigenvalue weighted by atomic mass is 10.0. The van der Waals surface area contributed by atoms with Gasteiger partial charge in [-0.1, -0.05) is 140 Å². The third-order valence-electron chi connectivity index (χ3n) is 8.21. The second kappa shape index (κ2) is 10.8. The zero-order chi connectivity index (χ0) is 29.5. The molecule has 0 atom stereocenters. The van der Waals surface area contributed by atoms with Gasteiger partial charge in [0.1, 0.15) is 0 Å². The molecule has 4 heteroatoms. The largest absolute Gasteiger partial charge is 0.232 e. The summed E-state index contributed by atoms with van der Waals surface area (Å²) in [4.78, 5) is 10.0. The smallest absolute Gasteiger partial charge is 0.160 e. The van der Waals surface area contributed by atoms with Crippen LogP contribution in [0, 0.1) is 6.92 Å². The number of aryl methyl sites for hydroxylation is 1. The van der Waals surface area contributed by atoms with Crippen molar-refractivity contribution in [2.24, 2.45) is 0 Å². The summed E-state index contributed by atoms with van der Waals surface area (Å²) in [5, 5.41) is 7.60. The first kappa shape index (κ1) is 25.8. The van der Waals surface area contributed by atoms with E-state index in [1.807, 2.05) is 42.5 Å². The Morgan fingerprint density at radius 1 is 0.477 bits per heavy atom. The molecule has 0 saturated heterocycles. The van der Waals surface area contributed by atoms with Crippen LogP contribution in [0.1, 0.15) is 5.56 Å². The maximum atomic E-state index is 5.20. The van der Waals surface area contributed by atoms with Gasteiger partial charge in [-0.3, -0.25) is 0 Å². The monoisotopic (exact) mass is 564 g/mol. The molecule has 0 spiro atoms. The number of benzene rings is 5. The summed E-state index contributed by atoms with van der Waals surface area (Å²) in [6.45, 7) is 2.17. The highest BCUT2D eigenvalue weighted by atomic mass is 15.2. The summed E-state index contributed by atoms with van der Waals surface area (Å²) >= 11 is 0. The minimum absolute atomic E-state index is 0.695. The van der Waals surface area contributed by atoms with Crippen LogP contribution in [0.5, 0.6) is 0 Å². The average molecular weight is 565 g/mol. The SMILES string of the molecule is Cc1c(-c2ccc(-c3nc(-c4ccccc4)cc(-c4ccccc4)n3)cc2)nn2c(-c3ccccc3)cc3ccccc3c12. The van der Waals surface area contributed by atoms with Crippen LogP contribution in [0.4, 0.5) is 0 Å². The lowest BCUT2D eigenvalue weighted by molar-refractivity contribution is 0.979. The lowest BCUT2D eigenvalue weighted by Gasteiger charge is -2.10. The van der Waals surface area contributed by atoms with Gasteiger partial charge in [0, 0.05) is 38.8 Å². The van der Waals surface area contributed by atoms with Gasteiger partial charge >= 0.3 is 0 Å². The van der Waals surface area contributed by atoms with Gasteiger partial charge in [-0.2, -0.15) is 5.10 Å². The van der Waals surface area contributed by atoms with Crippen molar-refractivity contribution in [3.8, 4) is 56.4 Å². The molecule has 0 N–H and O–H groups in total. The molecule has 0 saturated carbocycles. The number of hydrogen-bond donors (Lipinski definition) is 0. The van der Waals surface area contributed by atoms with Gasteiger partial charge in [0.05, 0.1) is 28.3 Å². The van der Waals surface area contributed by atoms with Crippen molar-refractivity contribution in [2.75, 3.05) is 0 Å². The average Bonchev–Trinajstić information content (AvgIpc) is 3.46. The minimum atomic E-state index is 0.695. The molecule has 8 rings (SSSR count). The highest BCUT2D eigenvalue weighted by Gasteiger charge is 2.18. The molecule has 208 valence electrons. The van der Waals surface area contributed by atoms with Crippen LogP contribution < -0.4 is 0 Å². The van der Waals surface area contributed by atoms with Gasteiger partial charge in [-0.15, -0.1) is 0 Å². The predicted molar refractivity (Wildman–Crippen MR) is 180 cm³/mol. The van der Waals surface area contributed by atoms with E-state index in [0.717, 1.165) is 61.7 Å². The molecule has 0 aliphatic heterocycles. The first-order valence-electron chi connectivity index (χ1n) is 14.8. The second-order valence-electron chi connectivity index (χ2n) is 11.0. The first-order valence-corrected chi connectivity index (χ1v) is 14.8. The van der Waals surface area contributed by atoms with Crippen molar-refractivity contribution in [3.05, 3.63) is 157 Å². The van der Waals surface area contributed by atoms with Gasteiger partial charge in [0.2, 0.25) is 0 Å².